The number of nitrogens with one attached hydrogen (secondary N) is 2. The van der Waals surface area contributed by atoms with E-state index in [1.807, 2.05) is 30.3 Å². The van der Waals surface area contributed by atoms with Gasteiger partial charge in [0.1, 0.15) is 11.6 Å². The van der Waals surface area contributed by atoms with E-state index in [2.05, 4.69) is 10.3 Å². The normalized spacial score (nSPS) is 18.3. The van der Waals surface area contributed by atoms with Gasteiger partial charge in [-0.3, -0.25) is 4.79 Å². The van der Waals surface area contributed by atoms with E-state index in [0.29, 0.717) is 6.54 Å². The molecule has 1 aliphatic heterocycles. The van der Waals surface area contributed by atoms with Gasteiger partial charge in [0.05, 0.1) is 6.10 Å². The van der Waals surface area contributed by atoms with Crippen LogP contribution in [0, 0.1) is 11.3 Å². The SMILES string of the molecule is N#C/C(=C/c1c[nH]c2ccccc12)C(=O)NC[C@@H]1CCCO1. The lowest BCUT2D eigenvalue weighted by atomic mass is 10.1. The summed E-state index contributed by atoms with van der Waals surface area (Å²) in [5.41, 5.74) is 1.91. The lowest BCUT2D eigenvalue weighted by Gasteiger charge is -2.10. The number of fused-ring (bicyclic) bond motifs is 1. The maximum atomic E-state index is 12.1. The predicted molar refractivity (Wildman–Crippen MR) is 83.9 cm³/mol. The van der Waals surface area contributed by atoms with E-state index in [9.17, 15) is 10.1 Å². The Morgan fingerprint density at radius 2 is 2.36 bits per heavy atom. The van der Waals surface area contributed by atoms with Gasteiger partial charge in [-0.1, -0.05) is 18.2 Å². The molecule has 1 atom stereocenters. The molecule has 0 spiro atoms. The summed E-state index contributed by atoms with van der Waals surface area (Å²) < 4.78 is 5.46. The van der Waals surface area contributed by atoms with Crippen molar-refractivity contribution >= 4 is 22.9 Å². The summed E-state index contributed by atoms with van der Waals surface area (Å²) in [7, 11) is 0. The first-order chi connectivity index (χ1) is 10.8. The van der Waals surface area contributed by atoms with Crippen LogP contribution in [0.15, 0.2) is 36.0 Å². The molecule has 5 heteroatoms. The minimum absolute atomic E-state index is 0.0666. The summed E-state index contributed by atoms with van der Waals surface area (Å²) in [6.07, 6.45) is 5.46. The third kappa shape index (κ3) is 3.02. The zero-order chi connectivity index (χ0) is 15.4. The molecule has 112 valence electrons. The number of rotatable bonds is 4. The Bertz CT molecular complexity index is 749. The number of carbonyl (C=O) groups excluding carboxylic acids is 1. The van der Waals surface area contributed by atoms with Crippen molar-refractivity contribution < 1.29 is 9.53 Å². The van der Waals surface area contributed by atoms with Gasteiger partial charge in [-0.2, -0.15) is 5.26 Å². The van der Waals surface area contributed by atoms with Gasteiger partial charge in [0.25, 0.3) is 5.91 Å². The predicted octanol–water partition coefficient (Wildman–Crippen LogP) is 2.37. The van der Waals surface area contributed by atoms with Crippen LogP contribution in [-0.4, -0.2) is 30.1 Å². The number of hydrogen-bond acceptors (Lipinski definition) is 3. The molecule has 1 fully saturated rings. The van der Waals surface area contributed by atoms with Crippen molar-refractivity contribution in [3.63, 3.8) is 0 Å². The molecule has 0 radical (unpaired) electrons. The van der Waals surface area contributed by atoms with Gasteiger partial charge in [0.2, 0.25) is 0 Å². The molecule has 1 aromatic heterocycles. The molecule has 1 amide bonds. The summed E-state index contributed by atoms with van der Waals surface area (Å²) in [5, 5.41) is 13.0. The van der Waals surface area contributed by atoms with Crippen molar-refractivity contribution in [2.45, 2.75) is 18.9 Å². The number of ether oxygens (including phenoxy) is 1. The van der Waals surface area contributed by atoms with Crippen molar-refractivity contribution in [2.24, 2.45) is 0 Å². The molecular weight excluding hydrogens is 278 g/mol. The maximum absolute atomic E-state index is 12.1. The van der Waals surface area contributed by atoms with Gasteiger partial charge in [-0.25, -0.2) is 0 Å². The number of amides is 1. The summed E-state index contributed by atoms with van der Waals surface area (Å²) in [6, 6.07) is 9.75. The molecule has 0 aliphatic carbocycles. The summed E-state index contributed by atoms with van der Waals surface area (Å²) in [6.45, 7) is 1.20. The smallest absolute Gasteiger partial charge is 0.262 e. The molecule has 3 rings (SSSR count). The van der Waals surface area contributed by atoms with E-state index in [0.717, 1.165) is 35.9 Å². The molecule has 0 unspecified atom stereocenters. The second-order valence-corrected chi connectivity index (χ2v) is 5.30. The molecular formula is C17H17N3O2. The molecule has 1 saturated heterocycles. The fraction of sp³-hybridized carbons (Fsp3) is 0.294. The zero-order valence-corrected chi connectivity index (χ0v) is 12.1. The number of benzene rings is 1. The highest BCUT2D eigenvalue weighted by atomic mass is 16.5. The van der Waals surface area contributed by atoms with Gasteiger partial charge < -0.3 is 15.0 Å². The molecule has 1 aliphatic rings. The number of para-hydroxylation sites is 1. The lowest BCUT2D eigenvalue weighted by Crippen LogP contribution is -2.32. The Balaban J connectivity index is 1.75. The standard InChI is InChI=1S/C17H17N3O2/c18-9-12(17(21)20-11-14-4-3-7-22-14)8-13-10-19-16-6-2-1-5-15(13)16/h1-2,5-6,8,10,14,19H,3-4,7,11H2,(H,20,21)/b12-8-/t14-/m0/s1. The highest BCUT2D eigenvalue weighted by molar-refractivity contribution is 6.03. The molecule has 0 bridgehead atoms. The van der Waals surface area contributed by atoms with E-state index in [-0.39, 0.29) is 17.6 Å². The topological polar surface area (TPSA) is 77.9 Å². The molecule has 5 nitrogen and oxygen atoms in total. The van der Waals surface area contributed by atoms with E-state index in [4.69, 9.17) is 4.74 Å². The van der Waals surface area contributed by atoms with E-state index >= 15 is 0 Å². The van der Waals surface area contributed by atoms with Crippen LogP contribution in [0.3, 0.4) is 0 Å². The summed E-state index contributed by atoms with van der Waals surface area (Å²) in [5.74, 6) is -0.358. The number of aromatic amines is 1. The van der Waals surface area contributed by atoms with Crippen molar-refractivity contribution in [3.05, 3.63) is 41.6 Å². The third-order valence-electron chi connectivity index (χ3n) is 3.80. The highest BCUT2D eigenvalue weighted by Crippen LogP contribution is 2.20. The summed E-state index contributed by atoms with van der Waals surface area (Å²) in [4.78, 5) is 15.3. The van der Waals surface area contributed by atoms with E-state index < -0.39 is 0 Å². The van der Waals surface area contributed by atoms with Crippen molar-refractivity contribution in [1.82, 2.24) is 10.3 Å². The fourth-order valence-electron chi connectivity index (χ4n) is 2.62. The fourth-order valence-corrected chi connectivity index (χ4v) is 2.62. The second-order valence-electron chi connectivity index (χ2n) is 5.30. The molecule has 0 saturated carbocycles. The number of hydrogen-bond donors (Lipinski definition) is 2. The zero-order valence-electron chi connectivity index (χ0n) is 12.1. The average molecular weight is 295 g/mol. The van der Waals surface area contributed by atoms with E-state index in [1.165, 1.54) is 0 Å². The Labute approximate surface area is 128 Å². The van der Waals surface area contributed by atoms with Crippen LogP contribution < -0.4 is 5.32 Å². The molecule has 22 heavy (non-hydrogen) atoms. The third-order valence-corrected chi connectivity index (χ3v) is 3.80. The Kier molecular flexibility index (Phi) is 4.22. The van der Waals surface area contributed by atoms with Gasteiger partial charge in [-0.15, -0.1) is 0 Å². The number of aromatic nitrogens is 1. The lowest BCUT2D eigenvalue weighted by molar-refractivity contribution is -0.117. The monoisotopic (exact) mass is 295 g/mol. The van der Waals surface area contributed by atoms with Crippen LogP contribution in [0.5, 0.6) is 0 Å². The molecule has 2 heterocycles. The quantitative estimate of drug-likeness (QED) is 0.671. The van der Waals surface area contributed by atoms with Crippen molar-refractivity contribution in [2.75, 3.05) is 13.2 Å². The number of carbonyl (C=O) groups is 1. The van der Waals surface area contributed by atoms with Crippen LogP contribution in [0.2, 0.25) is 0 Å². The number of H-pyrrole nitrogens is 1. The largest absolute Gasteiger partial charge is 0.376 e. The van der Waals surface area contributed by atoms with Crippen LogP contribution in [0.25, 0.3) is 17.0 Å². The Morgan fingerprint density at radius 1 is 1.50 bits per heavy atom. The highest BCUT2D eigenvalue weighted by Gasteiger charge is 2.17. The Morgan fingerprint density at radius 3 is 3.14 bits per heavy atom. The van der Waals surface area contributed by atoms with Gasteiger partial charge in [-0.05, 0) is 25.0 Å². The first kappa shape index (κ1) is 14.4. The molecule has 2 aromatic rings. The first-order valence-corrected chi connectivity index (χ1v) is 7.35. The van der Waals surface area contributed by atoms with Gasteiger partial charge in [0, 0.05) is 35.8 Å². The summed E-state index contributed by atoms with van der Waals surface area (Å²) >= 11 is 0. The van der Waals surface area contributed by atoms with Crippen LogP contribution in [-0.2, 0) is 9.53 Å². The van der Waals surface area contributed by atoms with Crippen LogP contribution in [0.4, 0.5) is 0 Å². The van der Waals surface area contributed by atoms with E-state index in [1.54, 1.807) is 12.3 Å². The van der Waals surface area contributed by atoms with Crippen molar-refractivity contribution in [1.29, 1.82) is 5.26 Å². The maximum Gasteiger partial charge on any atom is 0.262 e. The van der Waals surface area contributed by atoms with Crippen molar-refractivity contribution in [3.8, 4) is 6.07 Å². The Hall–Kier alpha value is -2.58. The van der Waals surface area contributed by atoms with Crippen LogP contribution in [0.1, 0.15) is 18.4 Å². The minimum Gasteiger partial charge on any atom is -0.376 e. The first-order valence-electron chi connectivity index (χ1n) is 7.35. The molecule has 1 aromatic carbocycles. The van der Waals surface area contributed by atoms with Gasteiger partial charge >= 0.3 is 0 Å². The van der Waals surface area contributed by atoms with Gasteiger partial charge in [0.15, 0.2) is 0 Å². The minimum atomic E-state index is -0.358. The van der Waals surface area contributed by atoms with Crippen LogP contribution >= 0.6 is 0 Å². The second kappa shape index (κ2) is 6.46. The number of nitrogens with zero attached hydrogens (tertiary/aromatic N) is 1. The molecule has 2 N–H and O–H groups in total. The average Bonchev–Trinajstić information content (AvgIpc) is 3.20. The number of nitriles is 1.